The van der Waals surface area contributed by atoms with Crippen LogP contribution in [0.3, 0.4) is 0 Å². The van der Waals surface area contributed by atoms with Crippen LogP contribution in [-0.2, 0) is 10.0 Å². The minimum absolute atomic E-state index is 0.279. The molecule has 4 heteroatoms. The fourth-order valence-corrected chi connectivity index (χ4v) is 3.13. The van der Waals surface area contributed by atoms with E-state index in [1.807, 2.05) is 24.3 Å². The highest BCUT2D eigenvalue weighted by atomic mass is 32.2. The second kappa shape index (κ2) is 4.70. The van der Waals surface area contributed by atoms with E-state index in [2.05, 4.69) is 4.72 Å². The van der Waals surface area contributed by atoms with E-state index in [0.717, 1.165) is 0 Å². The van der Waals surface area contributed by atoms with E-state index < -0.39 is 10.0 Å². The molecule has 98 valence electrons. The summed E-state index contributed by atoms with van der Waals surface area (Å²) < 4.78 is 26.8. The van der Waals surface area contributed by atoms with Gasteiger partial charge in [0.25, 0.3) is 10.0 Å². The average Bonchev–Trinajstić information content (AvgIpc) is 3.25. The van der Waals surface area contributed by atoms with E-state index in [9.17, 15) is 8.42 Å². The van der Waals surface area contributed by atoms with Gasteiger partial charge in [-0.2, -0.15) is 0 Å². The van der Waals surface area contributed by atoms with Crippen LogP contribution in [0.4, 0.5) is 5.69 Å². The van der Waals surface area contributed by atoms with Crippen LogP contribution in [0, 0.1) is 0 Å². The van der Waals surface area contributed by atoms with Gasteiger partial charge in [0.05, 0.1) is 4.90 Å². The zero-order valence-electron chi connectivity index (χ0n) is 10.4. The number of anilines is 1. The Balaban J connectivity index is 1.80. The number of hydrogen-bond donors (Lipinski definition) is 1. The predicted octanol–water partition coefficient (Wildman–Crippen LogP) is 3.36. The first kappa shape index (κ1) is 12.2. The summed E-state index contributed by atoms with van der Waals surface area (Å²) in [5.41, 5.74) is 1.90. The Labute approximate surface area is 113 Å². The van der Waals surface area contributed by atoms with Crippen molar-refractivity contribution in [2.45, 2.75) is 23.7 Å². The van der Waals surface area contributed by atoms with Crippen molar-refractivity contribution in [1.82, 2.24) is 0 Å². The molecule has 1 aliphatic rings. The topological polar surface area (TPSA) is 46.2 Å². The highest BCUT2D eigenvalue weighted by Gasteiger charge is 2.23. The van der Waals surface area contributed by atoms with Crippen LogP contribution in [0.25, 0.3) is 0 Å². The third-order valence-corrected chi connectivity index (χ3v) is 4.66. The van der Waals surface area contributed by atoms with Gasteiger partial charge in [-0.05, 0) is 48.6 Å². The van der Waals surface area contributed by atoms with Gasteiger partial charge in [-0.1, -0.05) is 30.3 Å². The SMILES string of the molecule is O=S(=O)(Nc1ccc(C2CC2)cc1)c1ccccc1. The molecule has 0 unspecified atom stereocenters. The Bertz CT molecular complexity index is 659. The van der Waals surface area contributed by atoms with Gasteiger partial charge in [0, 0.05) is 5.69 Å². The first-order chi connectivity index (χ1) is 9.15. The lowest BCUT2D eigenvalue weighted by Gasteiger charge is -2.08. The molecule has 0 bridgehead atoms. The van der Waals surface area contributed by atoms with Gasteiger partial charge < -0.3 is 0 Å². The molecule has 2 aromatic carbocycles. The molecular formula is C15H15NO2S. The Morgan fingerprint density at radius 1 is 0.895 bits per heavy atom. The van der Waals surface area contributed by atoms with Crippen molar-refractivity contribution in [3.63, 3.8) is 0 Å². The van der Waals surface area contributed by atoms with Gasteiger partial charge >= 0.3 is 0 Å². The molecule has 3 rings (SSSR count). The van der Waals surface area contributed by atoms with Crippen LogP contribution in [0.1, 0.15) is 24.3 Å². The number of nitrogens with one attached hydrogen (secondary N) is 1. The summed E-state index contributed by atoms with van der Waals surface area (Å²) in [5, 5.41) is 0. The molecule has 0 aromatic heterocycles. The van der Waals surface area contributed by atoms with Gasteiger partial charge in [0.1, 0.15) is 0 Å². The highest BCUT2D eigenvalue weighted by Crippen LogP contribution is 2.40. The molecular weight excluding hydrogens is 258 g/mol. The van der Waals surface area contributed by atoms with Crippen molar-refractivity contribution >= 4 is 15.7 Å². The van der Waals surface area contributed by atoms with Crippen molar-refractivity contribution in [2.24, 2.45) is 0 Å². The molecule has 1 aliphatic carbocycles. The lowest BCUT2D eigenvalue weighted by Crippen LogP contribution is -2.12. The first-order valence-electron chi connectivity index (χ1n) is 6.33. The molecule has 1 fully saturated rings. The van der Waals surface area contributed by atoms with E-state index in [-0.39, 0.29) is 4.90 Å². The third kappa shape index (κ3) is 2.79. The van der Waals surface area contributed by atoms with Crippen molar-refractivity contribution in [3.05, 3.63) is 60.2 Å². The summed E-state index contributed by atoms with van der Waals surface area (Å²) in [4.78, 5) is 0.279. The zero-order chi connectivity index (χ0) is 13.3. The maximum atomic E-state index is 12.1. The summed E-state index contributed by atoms with van der Waals surface area (Å²) in [7, 11) is -3.48. The minimum atomic E-state index is -3.48. The van der Waals surface area contributed by atoms with E-state index in [4.69, 9.17) is 0 Å². The van der Waals surface area contributed by atoms with Crippen LogP contribution < -0.4 is 4.72 Å². The highest BCUT2D eigenvalue weighted by molar-refractivity contribution is 7.92. The molecule has 0 heterocycles. The monoisotopic (exact) mass is 273 g/mol. The lowest BCUT2D eigenvalue weighted by molar-refractivity contribution is 0.601. The van der Waals surface area contributed by atoms with Gasteiger partial charge in [-0.3, -0.25) is 4.72 Å². The van der Waals surface area contributed by atoms with Crippen molar-refractivity contribution in [1.29, 1.82) is 0 Å². The Kier molecular flexibility index (Phi) is 3.03. The van der Waals surface area contributed by atoms with E-state index >= 15 is 0 Å². The molecule has 0 saturated heterocycles. The fourth-order valence-electron chi connectivity index (χ4n) is 2.05. The molecule has 0 spiro atoms. The minimum Gasteiger partial charge on any atom is -0.280 e. The lowest BCUT2D eigenvalue weighted by atomic mass is 10.1. The molecule has 2 aromatic rings. The first-order valence-corrected chi connectivity index (χ1v) is 7.81. The fraction of sp³-hybridized carbons (Fsp3) is 0.200. The second-order valence-corrected chi connectivity index (χ2v) is 6.50. The normalized spacial score (nSPS) is 15.2. The molecule has 1 N–H and O–H groups in total. The zero-order valence-corrected chi connectivity index (χ0v) is 11.2. The smallest absolute Gasteiger partial charge is 0.261 e. The largest absolute Gasteiger partial charge is 0.280 e. The maximum Gasteiger partial charge on any atom is 0.261 e. The molecule has 1 saturated carbocycles. The molecule has 0 amide bonds. The van der Waals surface area contributed by atoms with E-state index in [1.165, 1.54) is 18.4 Å². The van der Waals surface area contributed by atoms with E-state index in [1.54, 1.807) is 30.3 Å². The number of hydrogen-bond acceptors (Lipinski definition) is 2. The van der Waals surface area contributed by atoms with Crippen molar-refractivity contribution in [2.75, 3.05) is 4.72 Å². The third-order valence-electron chi connectivity index (χ3n) is 3.27. The Morgan fingerprint density at radius 2 is 1.53 bits per heavy atom. The average molecular weight is 273 g/mol. The van der Waals surface area contributed by atoms with Crippen molar-refractivity contribution in [3.8, 4) is 0 Å². The quantitative estimate of drug-likeness (QED) is 0.928. The maximum absolute atomic E-state index is 12.1. The van der Waals surface area contributed by atoms with Crippen LogP contribution in [0.5, 0.6) is 0 Å². The van der Waals surface area contributed by atoms with Crippen LogP contribution in [0.2, 0.25) is 0 Å². The van der Waals surface area contributed by atoms with Gasteiger partial charge in [0.15, 0.2) is 0 Å². The van der Waals surface area contributed by atoms with Crippen LogP contribution >= 0.6 is 0 Å². The van der Waals surface area contributed by atoms with Gasteiger partial charge in [0.2, 0.25) is 0 Å². The number of benzene rings is 2. The van der Waals surface area contributed by atoms with Crippen LogP contribution in [-0.4, -0.2) is 8.42 Å². The number of sulfonamides is 1. The molecule has 0 atom stereocenters. The summed E-state index contributed by atoms with van der Waals surface area (Å²) in [5.74, 6) is 0.680. The molecule has 0 aliphatic heterocycles. The summed E-state index contributed by atoms with van der Waals surface area (Å²) >= 11 is 0. The molecule has 19 heavy (non-hydrogen) atoms. The van der Waals surface area contributed by atoms with Crippen LogP contribution in [0.15, 0.2) is 59.5 Å². The summed E-state index contributed by atoms with van der Waals surface area (Å²) in [6, 6.07) is 16.0. The standard InChI is InChI=1S/C15H15NO2S/c17-19(18,15-4-2-1-3-5-15)16-14-10-8-13(9-11-14)12-6-7-12/h1-5,8-12,16H,6-7H2. The van der Waals surface area contributed by atoms with Gasteiger partial charge in [-0.25, -0.2) is 8.42 Å². The Morgan fingerprint density at radius 3 is 2.11 bits per heavy atom. The van der Waals surface area contributed by atoms with Crippen molar-refractivity contribution < 1.29 is 8.42 Å². The number of rotatable bonds is 4. The summed E-state index contributed by atoms with van der Waals surface area (Å²) in [6.45, 7) is 0. The Hall–Kier alpha value is -1.81. The van der Waals surface area contributed by atoms with Gasteiger partial charge in [-0.15, -0.1) is 0 Å². The summed E-state index contributed by atoms with van der Waals surface area (Å²) in [6.07, 6.45) is 2.49. The van der Waals surface area contributed by atoms with E-state index in [0.29, 0.717) is 11.6 Å². The predicted molar refractivity (Wildman–Crippen MR) is 75.7 cm³/mol. The molecule has 3 nitrogen and oxygen atoms in total. The molecule has 0 radical (unpaired) electrons. The second-order valence-electron chi connectivity index (χ2n) is 4.81.